The second kappa shape index (κ2) is 13.5. The van der Waals surface area contributed by atoms with E-state index < -0.39 is 5.60 Å². The molecule has 3 aromatic carbocycles. The van der Waals surface area contributed by atoms with E-state index in [0.717, 1.165) is 24.0 Å². The number of ether oxygens (including phenoxy) is 3. The molecule has 1 aromatic heterocycles. The lowest BCUT2D eigenvalue weighted by Gasteiger charge is -2.34. The van der Waals surface area contributed by atoms with Crippen LogP contribution in [0.25, 0.3) is 11.4 Å². The van der Waals surface area contributed by atoms with Crippen molar-refractivity contribution in [3.8, 4) is 29.0 Å². The molecule has 1 unspecified atom stereocenters. The smallest absolute Gasteiger partial charge is 0.410 e. The average molecular weight is 592 g/mol. The van der Waals surface area contributed by atoms with E-state index in [0.29, 0.717) is 49.1 Å². The number of nitrogens with zero attached hydrogens (tertiary/aromatic N) is 4. The lowest BCUT2D eigenvalue weighted by atomic mass is 9.92. The second-order valence-electron chi connectivity index (χ2n) is 11.7. The monoisotopic (exact) mass is 591 g/mol. The van der Waals surface area contributed by atoms with E-state index in [2.05, 4.69) is 11.1 Å². The van der Waals surface area contributed by atoms with Crippen molar-refractivity contribution < 1.29 is 19.0 Å². The Bertz CT molecular complexity index is 1570. The molecule has 44 heavy (non-hydrogen) atoms. The van der Waals surface area contributed by atoms with Gasteiger partial charge in [0.05, 0.1) is 5.69 Å². The number of likely N-dealkylation sites (tertiary alicyclic amines) is 1. The van der Waals surface area contributed by atoms with Gasteiger partial charge in [0, 0.05) is 19.0 Å². The van der Waals surface area contributed by atoms with Crippen molar-refractivity contribution in [3.05, 3.63) is 101 Å². The quantitative estimate of drug-likeness (QED) is 0.235. The van der Waals surface area contributed by atoms with Crippen LogP contribution in [0.5, 0.6) is 11.5 Å². The van der Waals surface area contributed by atoms with E-state index in [1.807, 2.05) is 99.6 Å². The molecule has 1 saturated heterocycles. The number of carbonyl (C=O) groups is 1. The van der Waals surface area contributed by atoms with Crippen molar-refractivity contribution in [1.82, 2.24) is 14.9 Å². The van der Waals surface area contributed by atoms with Gasteiger partial charge in [-0.25, -0.2) is 14.8 Å². The third kappa shape index (κ3) is 7.45. The zero-order valence-electron chi connectivity index (χ0n) is 25.3. The van der Waals surface area contributed by atoms with Crippen LogP contribution in [-0.2, 0) is 18.0 Å². The van der Waals surface area contributed by atoms with Crippen LogP contribution < -0.4 is 15.2 Å². The minimum Gasteiger partial charge on any atom is -0.488 e. The van der Waals surface area contributed by atoms with Crippen LogP contribution in [-0.4, -0.2) is 39.7 Å². The van der Waals surface area contributed by atoms with E-state index in [1.54, 1.807) is 4.90 Å². The van der Waals surface area contributed by atoms with Gasteiger partial charge in [-0.1, -0.05) is 66.7 Å². The molecule has 4 aromatic rings. The standard InChI is InChI=1S/C35H37N5O4/c1-35(2,3)44-34(41)40-19-11-16-26(21-40)31-27(20-36)32(37)39-33(38-31)30-28(42-22-24-12-6-4-7-13-24)17-10-18-29(30)43-23-25-14-8-5-9-15-25/h4-10,12-15,17-18,26H,11,16,19,21-23H2,1-3H3,(H2,37,38,39). The molecule has 0 saturated carbocycles. The molecule has 1 aliphatic heterocycles. The minimum absolute atomic E-state index is 0.0637. The fourth-order valence-corrected chi connectivity index (χ4v) is 5.15. The van der Waals surface area contributed by atoms with Gasteiger partial charge in [0.15, 0.2) is 5.82 Å². The average Bonchev–Trinajstić information content (AvgIpc) is 3.02. The number of piperidine rings is 1. The molecule has 0 radical (unpaired) electrons. The first-order valence-electron chi connectivity index (χ1n) is 14.7. The molecular weight excluding hydrogens is 554 g/mol. The number of rotatable bonds is 8. The van der Waals surface area contributed by atoms with Crippen molar-refractivity contribution in [2.45, 2.75) is 58.3 Å². The highest BCUT2D eigenvalue weighted by atomic mass is 16.6. The molecule has 1 atom stereocenters. The number of nitrogens with two attached hydrogens (primary N) is 1. The summed E-state index contributed by atoms with van der Waals surface area (Å²) in [4.78, 5) is 24.1. The predicted octanol–water partition coefficient (Wildman–Crippen LogP) is 6.87. The third-order valence-electron chi connectivity index (χ3n) is 7.22. The van der Waals surface area contributed by atoms with E-state index >= 15 is 0 Å². The molecule has 226 valence electrons. The van der Waals surface area contributed by atoms with Crippen LogP contribution >= 0.6 is 0 Å². The highest BCUT2D eigenvalue weighted by Gasteiger charge is 2.32. The topological polar surface area (TPSA) is 124 Å². The van der Waals surface area contributed by atoms with Gasteiger partial charge in [0.1, 0.15) is 53.3 Å². The van der Waals surface area contributed by atoms with Gasteiger partial charge in [0.25, 0.3) is 0 Å². The minimum atomic E-state index is -0.617. The van der Waals surface area contributed by atoms with Crippen molar-refractivity contribution in [2.24, 2.45) is 0 Å². The molecule has 1 fully saturated rings. The fourth-order valence-electron chi connectivity index (χ4n) is 5.15. The van der Waals surface area contributed by atoms with E-state index in [-0.39, 0.29) is 29.2 Å². The summed E-state index contributed by atoms with van der Waals surface area (Å²) in [6, 6.07) is 27.4. The van der Waals surface area contributed by atoms with E-state index in [9.17, 15) is 10.1 Å². The van der Waals surface area contributed by atoms with E-state index in [1.165, 1.54) is 0 Å². The maximum atomic E-state index is 12.9. The molecule has 2 N–H and O–H groups in total. The molecule has 5 rings (SSSR count). The van der Waals surface area contributed by atoms with Gasteiger partial charge >= 0.3 is 6.09 Å². The largest absolute Gasteiger partial charge is 0.488 e. The number of carbonyl (C=O) groups excluding carboxylic acids is 1. The number of nitriles is 1. The zero-order valence-corrected chi connectivity index (χ0v) is 25.3. The van der Waals surface area contributed by atoms with Crippen molar-refractivity contribution >= 4 is 11.9 Å². The number of anilines is 1. The summed E-state index contributed by atoms with van der Waals surface area (Å²) in [5, 5.41) is 10.1. The molecule has 0 spiro atoms. The summed E-state index contributed by atoms with van der Waals surface area (Å²) < 4.78 is 18.2. The highest BCUT2D eigenvalue weighted by molar-refractivity contribution is 5.74. The Morgan fingerprint density at radius 3 is 2.07 bits per heavy atom. The lowest BCUT2D eigenvalue weighted by molar-refractivity contribution is 0.0197. The van der Waals surface area contributed by atoms with Crippen LogP contribution in [0.4, 0.5) is 10.6 Å². The van der Waals surface area contributed by atoms with Crippen molar-refractivity contribution in [3.63, 3.8) is 0 Å². The third-order valence-corrected chi connectivity index (χ3v) is 7.22. The number of nitrogen functional groups attached to an aromatic ring is 1. The number of hydrogen-bond acceptors (Lipinski definition) is 8. The molecule has 0 aliphatic carbocycles. The lowest BCUT2D eigenvalue weighted by Crippen LogP contribution is -2.42. The van der Waals surface area contributed by atoms with Gasteiger partial charge in [-0.2, -0.15) is 5.26 Å². The second-order valence-corrected chi connectivity index (χ2v) is 11.7. The summed E-state index contributed by atoms with van der Waals surface area (Å²) in [5.74, 6) is 1.16. The Labute approximate surface area is 258 Å². The summed E-state index contributed by atoms with van der Waals surface area (Å²) in [5.41, 5.74) is 9.05. The van der Waals surface area contributed by atoms with Crippen LogP contribution in [0.3, 0.4) is 0 Å². The SMILES string of the molecule is CC(C)(C)OC(=O)N1CCCC(c2nc(-c3c(OCc4ccccc4)cccc3OCc3ccccc3)nc(N)c2C#N)C1. The fraction of sp³-hybridized carbons (Fsp3) is 0.314. The van der Waals surface area contributed by atoms with Gasteiger partial charge in [-0.15, -0.1) is 0 Å². The van der Waals surface area contributed by atoms with Crippen molar-refractivity contribution in [2.75, 3.05) is 18.8 Å². The van der Waals surface area contributed by atoms with Crippen LogP contribution in [0, 0.1) is 11.3 Å². The first-order valence-corrected chi connectivity index (χ1v) is 14.7. The summed E-state index contributed by atoms with van der Waals surface area (Å²) in [6.45, 7) is 7.08. The van der Waals surface area contributed by atoms with E-state index in [4.69, 9.17) is 24.9 Å². The van der Waals surface area contributed by atoms with Crippen LogP contribution in [0.15, 0.2) is 78.9 Å². The van der Waals surface area contributed by atoms with Gasteiger partial charge in [-0.3, -0.25) is 0 Å². The Morgan fingerprint density at radius 2 is 1.52 bits per heavy atom. The molecule has 1 amide bonds. The van der Waals surface area contributed by atoms with Crippen LogP contribution in [0.2, 0.25) is 0 Å². The first-order chi connectivity index (χ1) is 21.2. The van der Waals surface area contributed by atoms with Gasteiger partial charge in [-0.05, 0) is 56.9 Å². The molecular formula is C35H37N5O4. The molecule has 9 heteroatoms. The number of hydrogen-bond donors (Lipinski definition) is 1. The van der Waals surface area contributed by atoms with Crippen molar-refractivity contribution in [1.29, 1.82) is 5.26 Å². The van der Waals surface area contributed by atoms with Gasteiger partial charge < -0.3 is 24.8 Å². The summed E-state index contributed by atoms with van der Waals surface area (Å²) >= 11 is 0. The molecule has 1 aliphatic rings. The Kier molecular flexibility index (Phi) is 9.29. The van der Waals surface area contributed by atoms with Gasteiger partial charge in [0.2, 0.25) is 0 Å². The maximum Gasteiger partial charge on any atom is 0.410 e. The Hall–Kier alpha value is -5.10. The Balaban J connectivity index is 1.53. The molecule has 0 bridgehead atoms. The summed E-state index contributed by atoms with van der Waals surface area (Å²) in [7, 11) is 0. The van der Waals surface area contributed by atoms with Crippen LogP contribution in [0.1, 0.15) is 61.9 Å². The number of benzene rings is 3. The molecule has 2 heterocycles. The number of amides is 1. The normalized spacial score (nSPS) is 14.9. The predicted molar refractivity (Wildman–Crippen MR) is 168 cm³/mol. The zero-order chi connectivity index (χ0) is 31.1. The maximum absolute atomic E-state index is 12.9. The summed E-state index contributed by atoms with van der Waals surface area (Å²) in [6.07, 6.45) is 1.07. The molecule has 9 nitrogen and oxygen atoms in total. The number of aromatic nitrogens is 2. The first kappa shape index (κ1) is 30.4. The Morgan fingerprint density at radius 1 is 0.932 bits per heavy atom. The highest BCUT2D eigenvalue weighted by Crippen LogP contribution is 2.40.